The number of amides is 1. The highest BCUT2D eigenvalue weighted by Gasteiger charge is 2.23. The molecule has 1 fully saturated rings. The lowest BCUT2D eigenvalue weighted by molar-refractivity contribution is -0.119. The zero-order chi connectivity index (χ0) is 17.8. The summed E-state index contributed by atoms with van der Waals surface area (Å²) in [6.45, 7) is 2.24. The number of nitrogens with one attached hydrogen (secondary N) is 1. The molecule has 0 spiro atoms. The van der Waals surface area contributed by atoms with Crippen molar-refractivity contribution in [1.29, 1.82) is 0 Å². The van der Waals surface area contributed by atoms with Crippen LogP contribution in [-0.4, -0.2) is 37.0 Å². The number of halogens is 3. The van der Waals surface area contributed by atoms with Gasteiger partial charge in [0.05, 0.1) is 35.0 Å². The molecule has 0 aliphatic carbocycles. The maximum Gasteiger partial charge on any atom is 0.238 e. The van der Waals surface area contributed by atoms with E-state index in [1.165, 1.54) is 0 Å². The van der Waals surface area contributed by atoms with Gasteiger partial charge in [-0.2, -0.15) is 0 Å². The first-order valence-corrected chi connectivity index (χ1v) is 9.41. The van der Waals surface area contributed by atoms with E-state index in [-0.39, 0.29) is 18.6 Å². The number of rotatable bonds is 4. The molecular weight excluding hydrogens is 427 g/mol. The van der Waals surface area contributed by atoms with Gasteiger partial charge in [-0.05, 0) is 29.8 Å². The molecule has 2 aromatic carbocycles. The lowest BCUT2D eigenvalue weighted by Gasteiger charge is -2.32. The molecule has 25 heavy (non-hydrogen) atoms. The molecule has 1 N–H and O–H groups in total. The van der Waals surface area contributed by atoms with Crippen LogP contribution in [-0.2, 0) is 9.53 Å². The number of ether oxygens (including phenoxy) is 1. The SMILES string of the molecule is O=C(CN1CCOC(c2ccc(Br)cc2)C1)Nc1cccc(Cl)c1Cl. The summed E-state index contributed by atoms with van der Waals surface area (Å²) < 4.78 is 6.87. The third-order valence-electron chi connectivity index (χ3n) is 3.99. The Hall–Kier alpha value is -1.11. The molecule has 3 rings (SSSR count). The lowest BCUT2D eigenvalue weighted by atomic mass is 10.1. The summed E-state index contributed by atoms with van der Waals surface area (Å²) in [6, 6.07) is 13.2. The molecule has 0 bridgehead atoms. The van der Waals surface area contributed by atoms with E-state index in [2.05, 4.69) is 26.1 Å². The lowest BCUT2D eigenvalue weighted by Crippen LogP contribution is -2.42. The highest BCUT2D eigenvalue weighted by atomic mass is 79.9. The predicted octanol–water partition coefficient (Wildman–Crippen LogP) is 4.77. The van der Waals surface area contributed by atoms with Crippen molar-refractivity contribution >= 4 is 50.7 Å². The number of anilines is 1. The van der Waals surface area contributed by atoms with Crippen molar-refractivity contribution < 1.29 is 9.53 Å². The summed E-state index contributed by atoms with van der Waals surface area (Å²) in [6.07, 6.45) is -0.0376. The van der Waals surface area contributed by atoms with Crippen molar-refractivity contribution in [2.24, 2.45) is 0 Å². The topological polar surface area (TPSA) is 41.6 Å². The quantitative estimate of drug-likeness (QED) is 0.739. The van der Waals surface area contributed by atoms with Crippen LogP contribution in [0.5, 0.6) is 0 Å². The Balaban J connectivity index is 1.59. The number of nitrogens with zero attached hydrogens (tertiary/aromatic N) is 1. The van der Waals surface area contributed by atoms with Gasteiger partial charge in [-0.3, -0.25) is 9.69 Å². The third kappa shape index (κ3) is 4.96. The van der Waals surface area contributed by atoms with Crippen molar-refractivity contribution in [2.75, 3.05) is 31.6 Å². The Morgan fingerprint density at radius 2 is 2.00 bits per heavy atom. The van der Waals surface area contributed by atoms with Gasteiger partial charge in [-0.15, -0.1) is 0 Å². The first-order valence-electron chi connectivity index (χ1n) is 7.86. The molecule has 1 heterocycles. The second kappa shape index (κ2) is 8.52. The largest absolute Gasteiger partial charge is 0.371 e. The van der Waals surface area contributed by atoms with E-state index >= 15 is 0 Å². The van der Waals surface area contributed by atoms with Crippen LogP contribution in [0, 0.1) is 0 Å². The van der Waals surface area contributed by atoms with Gasteiger partial charge in [0.1, 0.15) is 0 Å². The minimum absolute atomic E-state index is 0.0376. The smallest absolute Gasteiger partial charge is 0.238 e. The van der Waals surface area contributed by atoms with E-state index in [4.69, 9.17) is 27.9 Å². The van der Waals surface area contributed by atoms with Gasteiger partial charge in [0.25, 0.3) is 0 Å². The molecule has 1 saturated heterocycles. The Labute approximate surface area is 165 Å². The maximum atomic E-state index is 12.3. The van der Waals surface area contributed by atoms with Crippen LogP contribution < -0.4 is 5.32 Å². The zero-order valence-corrected chi connectivity index (χ0v) is 16.4. The Morgan fingerprint density at radius 3 is 2.76 bits per heavy atom. The fourth-order valence-corrected chi connectivity index (χ4v) is 3.33. The number of carbonyl (C=O) groups is 1. The van der Waals surface area contributed by atoms with Crippen LogP contribution in [0.1, 0.15) is 11.7 Å². The van der Waals surface area contributed by atoms with Crippen LogP contribution in [0.3, 0.4) is 0 Å². The minimum atomic E-state index is -0.124. The number of benzene rings is 2. The van der Waals surface area contributed by atoms with Gasteiger partial charge in [-0.25, -0.2) is 0 Å². The molecule has 2 aromatic rings. The highest BCUT2D eigenvalue weighted by molar-refractivity contribution is 9.10. The van der Waals surface area contributed by atoms with Crippen molar-refractivity contribution in [1.82, 2.24) is 4.90 Å². The predicted molar refractivity (Wildman–Crippen MR) is 104 cm³/mol. The number of hydrogen-bond acceptors (Lipinski definition) is 3. The number of carbonyl (C=O) groups excluding carboxylic acids is 1. The summed E-state index contributed by atoms with van der Waals surface area (Å²) in [5, 5.41) is 3.59. The minimum Gasteiger partial charge on any atom is -0.371 e. The molecule has 132 valence electrons. The molecule has 1 amide bonds. The first-order chi connectivity index (χ1) is 12.0. The van der Waals surface area contributed by atoms with E-state index in [0.29, 0.717) is 35.4 Å². The second-order valence-electron chi connectivity index (χ2n) is 5.80. The van der Waals surface area contributed by atoms with Gasteiger partial charge >= 0.3 is 0 Å². The summed E-state index contributed by atoms with van der Waals surface area (Å²) in [7, 11) is 0. The molecule has 0 saturated carbocycles. The summed E-state index contributed by atoms with van der Waals surface area (Å²) in [5.41, 5.74) is 1.63. The van der Waals surface area contributed by atoms with Gasteiger partial charge in [0, 0.05) is 17.6 Å². The molecule has 0 radical (unpaired) electrons. The van der Waals surface area contributed by atoms with Gasteiger partial charge < -0.3 is 10.1 Å². The number of hydrogen-bond donors (Lipinski definition) is 1. The fraction of sp³-hybridized carbons (Fsp3) is 0.278. The number of morpholine rings is 1. The molecule has 0 aromatic heterocycles. The Kier molecular flexibility index (Phi) is 6.36. The maximum absolute atomic E-state index is 12.3. The van der Waals surface area contributed by atoms with E-state index < -0.39 is 0 Å². The van der Waals surface area contributed by atoms with E-state index in [1.54, 1.807) is 18.2 Å². The summed E-state index contributed by atoms with van der Waals surface area (Å²) in [4.78, 5) is 14.4. The third-order valence-corrected chi connectivity index (χ3v) is 5.33. The summed E-state index contributed by atoms with van der Waals surface area (Å²) >= 11 is 15.5. The van der Waals surface area contributed by atoms with Crippen molar-refractivity contribution in [2.45, 2.75) is 6.10 Å². The first kappa shape index (κ1) is 18.7. The van der Waals surface area contributed by atoms with Crippen molar-refractivity contribution in [3.8, 4) is 0 Å². The van der Waals surface area contributed by atoms with Gasteiger partial charge in [0.15, 0.2) is 0 Å². The second-order valence-corrected chi connectivity index (χ2v) is 7.50. The summed E-state index contributed by atoms with van der Waals surface area (Å²) in [5.74, 6) is -0.124. The van der Waals surface area contributed by atoms with Crippen LogP contribution in [0.15, 0.2) is 46.9 Å². The van der Waals surface area contributed by atoms with Gasteiger partial charge in [0.2, 0.25) is 5.91 Å². The Morgan fingerprint density at radius 1 is 1.24 bits per heavy atom. The van der Waals surface area contributed by atoms with E-state index in [9.17, 15) is 4.79 Å². The molecule has 1 unspecified atom stereocenters. The van der Waals surface area contributed by atoms with Crippen LogP contribution in [0.25, 0.3) is 0 Å². The van der Waals surface area contributed by atoms with E-state index in [1.807, 2.05) is 24.3 Å². The molecule has 4 nitrogen and oxygen atoms in total. The van der Waals surface area contributed by atoms with Crippen molar-refractivity contribution in [3.63, 3.8) is 0 Å². The highest BCUT2D eigenvalue weighted by Crippen LogP contribution is 2.29. The van der Waals surface area contributed by atoms with Gasteiger partial charge in [-0.1, -0.05) is 57.3 Å². The zero-order valence-electron chi connectivity index (χ0n) is 13.3. The van der Waals surface area contributed by atoms with E-state index in [0.717, 1.165) is 10.0 Å². The monoisotopic (exact) mass is 442 g/mol. The van der Waals surface area contributed by atoms with Crippen LogP contribution in [0.4, 0.5) is 5.69 Å². The molecule has 1 aliphatic rings. The molecule has 7 heteroatoms. The normalized spacial score (nSPS) is 18.1. The average Bonchev–Trinajstić information content (AvgIpc) is 2.60. The molecule has 1 atom stereocenters. The van der Waals surface area contributed by atoms with Crippen LogP contribution >= 0.6 is 39.1 Å². The van der Waals surface area contributed by atoms with Crippen LogP contribution in [0.2, 0.25) is 10.0 Å². The average molecular weight is 444 g/mol. The molecule has 1 aliphatic heterocycles. The standard InChI is InChI=1S/C18H17BrCl2N2O2/c19-13-6-4-12(5-7-13)16-10-23(8-9-25-16)11-17(24)22-15-3-1-2-14(20)18(15)21/h1-7,16H,8-11H2,(H,22,24). The Bertz CT molecular complexity index is 755. The molecular formula is C18H17BrCl2N2O2. The van der Waals surface area contributed by atoms with Crippen molar-refractivity contribution in [3.05, 3.63) is 62.5 Å². The fourth-order valence-electron chi connectivity index (χ4n) is 2.72.